The number of benzene rings is 2. The van der Waals surface area contributed by atoms with Gasteiger partial charge >= 0.3 is 0 Å². The topological polar surface area (TPSA) is 63.2 Å². The number of aromatic nitrogens is 1. The Morgan fingerprint density at radius 2 is 1.72 bits per heavy atom. The molecule has 0 aliphatic rings. The van der Waals surface area contributed by atoms with E-state index in [9.17, 15) is 9.18 Å². The van der Waals surface area contributed by atoms with Crippen molar-refractivity contribution in [2.45, 2.75) is 12.8 Å². The highest BCUT2D eigenvalue weighted by molar-refractivity contribution is 5.94. The molecule has 0 aliphatic carbocycles. The number of anilines is 1. The van der Waals surface area contributed by atoms with Crippen LogP contribution in [0, 0.1) is 5.82 Å². The SMILES string of the molecule is COc1ccccc1CCNc1cncc(C(=O)NCCc2ccccc2F)c1. The highest BCUT2D eigenvalue weighted by Crippen LogP contribution is 2.18. The minimum Gasteiger partial charge on any atom is -0.496 e. The average Bonchev–Trinajstić information content (AvgIpc) is 2.75. The van der Waals surface area contributed by atoms with Crippen molar-refractivity contribution in [2.75, 3.05) is 25.5 Å². The Morgan fingerprint density at radius 3 is 2.52 bits per heavy atom. The number of nitrogens with zero attached hydrogens (tertiary/aromatic N) is 1. The number of halogens is 1. The minimum atomic E-state index is -0.260. The number of amides is 1. The second-order valence-electron chi connectivity index (χ2n) is 6.55. The molecule has 0 unspecified atom stereocenters. The van der Waals surface area contributed by atoms with Crippen LogP contribution >= 0.6 is 0 Å². The summed E-state index contributed by atoms with van der Waals surface area (Å²) in [4.78, 5) is 16.5. The maximum Gasteiger partial charge on any atom is 0.252 e. The van der Waals surface area contributed by atoms with Gasteiger partial charge in [-0.25, -0.2) is 4.39 Å². The van der Waals surface area contributed by atoms with Crippen molar-refractivity contribution in [3.8, 4) is 5.75 Å². The number of carbonyl (C=O) groups excluding carboxylic acids is 1. The molecule has 6 heteroatoms. The molecular formula is C23H24FN3O2. The molecule has 0 saturated carbocycles. The third kappa shape index (κ3) is 5.78. The van der Waals surface area contributed by atoms with Gasteiger partial charge in [-0.15, -0.1) is 0 Å². The summed E-state index contributed by atoms with van der Waals surface area (Å²) in [7, 11) is 1.66. The van der Waals surface area contributed by atoms with Gasteiger partial charge in [-0.1, -0.05) is 36.4 Å². The first-order chi connectivity index (χ1) is 14.2. The van der Waals surface area contributed by atoms with Gasteiger partial charge in [0.1, 0.15) is 11.6 Å². The first-order valence-corrected chi connectivity index (χ1v) is 9.50. The third-order valence-corrected chi connectivity index (χ3v) is 4.55. The number of pyridine rings is 1. The number of carbonyl (C=O) groups is 1. The van der Waals surface area contributed by atoms with Gasteiger partial charge in [0.2, 0.25) is 0 Å². The fourth-order valence-corrected chi connectivity index (χ4v) is 3.03. The molecule has 1 heterocycles. The van der Waals surface area contributed by atoms with Crippen LogP contribution in [0.15, 0.2) is 67.0 Å². The smallest absolute Gasteiger partial charge is 0.252 e. The Labute approximate surface area is 169 Å². The number of methoxy groups -OCH3 is 1. The van der Waals surface area contributed by atoms with E-state index in [-0.39, 0.29) is 11.7 Å². The second-order valence-corrected chi connectivity index (χ2v) is 6.55. The number of para-hydroxylation sites is 1. The molecule has 0 radical (unpaired) electrons. The van der Waals surface area contributed by atoms with E-state index in [1.54, 1.807) is 37.6 Å². The van der Waals surface area contributed by atoms with E-state index in [1.807, 2.05) is 24.3 Å². The molecule has 2 aromatic carbocycles. The van der Waals surface area contributed by atoms with Gasteiger partial charge < -0.3 is 15.4 Å². The summed E-state index contributed by atoms with van der Waals surface area (Å²) in [6, 6.07) is 16.2. The van der Waals surface area contributed by atoms with E-state index in [0.29, 0.717) is 30.6 Å². The predicted molar refractivity (Wildman–Crippen MR) is 112 cm³/mol. The van der Waals surface area contributed by atoms with E-state index < -0.39 is 0 Å². The van der Waals surface area contributed by atoms with Crippen molar-refractivity contribution in [3.05, 3.63) is 89.5 Å². The molecule has 5 nitrogen and oxygen atoms in total. The fraction of sp³-hybridized carbons (Fsp3) is 0.217. The van der Waals surface area contributed by atoms with Gasteiger partial charge in [0.25, 0.3) is 5.91 Å². The molecule has 0 bridgehead atoms. The molecule has 1 aromatic heterocycles. The lowest BCUT2D eigenvalue weighted by Crippen LogP contribution is -2.26. The Balaban J connectivity index is 1.50. The molecule has 3 rings (SSSR count). The summed E-state index contributed by atoms with van der Waals surface area (Å²) in [5.41, 5.74) is 2.91. The summed E-state index contributed by atoms with van der Waals surface area (Å²) in [6.07, 6.45) is 4.41. The van der Waals surface area contributed by atoms with E-state index in [2.05, 4.69) is 15.6 Å². The maximum atomic E-state index is 13.6. The van der Waals surface area contributed by atoms with Gasteiger partial charge in [0, 0.05) is 25.5 Å². The zero-order valence-corrected chi connectivity index (χ0v) is 16.3. The Kier molecular flexibility index (Phi) is 7.16. The lowest BCUT2D eigenvalue weighted by Gasteiger charge is -2.11. The van der Waals surface area contributed by atoms with Gasteiger partial charge in [0.05, 0.1) is 18.4 Å². The van der Waals surface area contributed by atoms with Crippen molar-refractivity contribution in [1.29, 1.82) is 0 Å². The van der Waals surface area contributed by atoms with Gasteiger partial charge in [-0.2, -0.15) is 0 Å². The molecule has 3 aromatic rings. The Morgan fingerprint density at radius 1 is 1.00 bits per heavy atom. The number of hydrogen-bond acceptors (Lipinski definition) is 4. The van der Waals surface area contributed by atoms with Gasteiger partial charge in [-0.3, -0.25) is 9.78 Å². The van der Waals surface area contributed by atoms with Crippen molar-refractivity contribution < 1.29 is 13.9 Å². The van der Waals surface area contributed by atoms with Crippen molar-refractivity contribution in [1.82, 2.24) is 10.3 Å². The van der Waals surface area contributed by atoms with E-state index >= 15 is 0 Å². The number of hydrogen-bond donors (Lipinski definition) is 2. The van der Waals surface area contributed by atoms with E-state index in [4.69, 9.17) is 4.74 Å². The van der Waals surface area contributed by atoms with Crippen molar-refractivity contribution in [2.24, 2.45) is 0 Å². The van der Waals surface area contributed by atoms with Crippen LogP contribution in [0.25, 0.3) is 0 Å². The van der Waals surface area contributed by atoms with Crippen LogP contribution in [0.3, 0.4) is 0 Å². The van der Waals surface area contributed by atoms with E-state index in [1.165, 1.54) is 12.3 Å². The summed E-state index contributed by atoms with van der Waals surface area (Å²) >= 11 is 0. The molecule has 0 aliphatic heterocycles. The molecule has 0 atom stereocenters. The first-order valence-electron chi connectivity index (χ1n) is 9.50. The van der Waals surface area contributed by atoms with Gasteiger partial charge in [0.15, 0.2) is 0 Å². The number of ether oxygens (including phenoxy) is 1. The highest BCUT2D eigenvalue weighted by Gasteiger charge is 2.08. The second kappa shape index (κ2) is 10.2. The summed E-state index contributed by atoms with van der Waals surface area (Å²) in [6.45, 7) is 1.03. The summed E-state index contributed by atoms with van der Waals surface area (Å²) in [5.74, 6) is 0.363. The van der Waals surface area contributed by atoms with Crippen LogP contribution in [0.2, 0.25) is 0 Å². The van der Waals surface area contributed by atoms with Crippen LogP contribution in [0.4, 0.5) is 10.1 Å². The fourth-order valence-electron chi connectivity index (χ4n) is 3.03. The zero-order chi connectivity index (χ0) is 20.5. The predicted octanol–water partition coefficient (Wildman–Crippen LogP) is 3.86. The standard InChI is InChI=1S/C23H24FN3O2/c1-29-22-9-5-3-7-18(22)11-12-26-20-14-19(15-25-16-20)23(28)27-13-10-17-6-2-4-8-21(17)24/h2-9,14-16,26H,10-13H2,1H3,(H,27,28). The summed E-state index contributed by atoms with van der Waals surface area (Å²) in [5, 5.41) is 6.09. The maximum absolute atomic E-state index is 13.6. The lowest BCUT2D eigenvalue weighted by molar-refractivity contribution is 0.0953. The molecular weight excluding hydrogens is 369 g/mol. The number of nitrogens with one attached hydrogen (secondary N) is 2. The molecule has 0 fully saturated rings. The first kappa shape index (κ1) is 20.3. The lowest BCUT2D eigenvalue weighted by atomic mass is 10.1. The molecule has 0 saturated heterocycles. The Bertz CT molecular complexity index is 962. The van der Waals surface area contributed by atoms with Gasteiger partial charge in [-0.05, 0) is 42.2 Å². The van der Waals surface area contributed by atoms with Crippen molar-refractivity contribution >= 4 is 11.6 Å². The third-order valence-electron chi connectivity index (χ3n) is 4.55. The Hall–Kier alpha value is -3.41. The average molecular weight is 393 g/mol. The quantitative estimate of drug-likeness (QED) is 0.580. The molecule has 150 valence electrons. The van der Waals surface area contributed by atoms with Crippen LogP contribution in [0.5, 0.6) is 5.75 Å². The van der Waals surface area contributed by atoms with Crippen LogP contribution in [-0.2, 0) is 12.8 Å². The van der Waals surface area contributed by atoms with Crippen LogP contribution < -0.4 is 15.4 Å². The highest BCUT2D eigenvalue weighted by atomic mass is 19.1. The van der Waals surface area contributed by atoms with Crippen molar-refractivity contribution in [3.63, 3.8) is 0 Å². The minimum absolute atomic E-state index is 0.234. The zero-order valence-electron chi connectivity index (χ0n) is 16.3. The van der Waals surface area contributed by atoms with Crippen LogP contribution in [0.1, 0.15) is 21.5 Å². The largest absolute Gasteiger partial charge is 0.496 e. The number of rotatable bonds is 9. The summed E-state index contributed by atoms with van der Waals surface area (Å²) < 4.78 is 19.0. The molecule has 2 N–H and O–H groups in total. The molecule has 1 amide bonds. The van der Waals surface area contributed by atoms with E-state index in [0.717, 1.165) is 23.4 Å². The molecule has 29 heavy (non-hydrogen) atoms. The molecule has 0 spiro atoms. The van der Waals surface area contributed by atoms with Crippen LogP contribution in [-0.4, -0.2) is 31.1 Å². The normalized spacial score (nSPS) is 10.4. The monoisotopic (exact) mass is 393 g/mol.